The number of nitrogens with zero attached hydrogens (tertiary/aromatic N) is 4. The Labute approximate surface area is 270 Å². The maximum absolute atomic E-state index is 17.4. The summed E-state index contributed by atoms with van der Waals surface area (Å²) in [5.41, 5.74) is 1.25. The number of aryl methyl sites for hydroxylation is 1. The van der Waals surface area contributed by atoms with Crippen LogP contribution in [-0.2, 0) is 6.42 Å². The molecule has 5 aromatic rings. The van der Waals surface area contributed by atoms with Gasteiger partial charge < -0.3 is 19.7 Å². The predicted molar refractivity (Wildman–Crippen MR) is 177 cm³/mol. The summed E-state index contributed by atoms with van der Waals surface area (Å²) in [4.78, 5) is 20.8. The van der Waals surface area contributed by atoms with Crippen molar-refractivity contribution in [3.8, 4) is 28.8 Å². The number of hydrogen-bond donors (Lipinski definition) is 2. The highest BCUT2D eigenvalue weighted by Crippen LogP contribution is 2.47. The van der Waals surface area contributed by atoms with Gasteiger partial charge in [0, 0.05) is 48.3 Å². The second-order valence-electron chi connectivity index (χ2n) is 13.4. The Kier molecular flexibility index (Phi) is 7.15. The molecule has 5 atom stereocenters. The van der Waals surface area contributed by atoms with Gasteiger partial charge in [-0.15, -0.1) is 0 Å². The van der Waals surface area contributed by atoms with Crippen LogP contribution in [0.1, 0.15) is 44.2 Å². The Balaban J connectivity index is 1.45. The van der Waals surface area contributed by atoms with Crippen molar-refractivity contribution < 1.29 is 18.6 Å². The molecule has 3 saturated heterocycles. The Bertz CT molecular complexity index is 2180. The summed E-state index contributed by atoms with van der Waals surface area (Å²) < 4.78 is 40.6. The van der Waals surface area contributed by atoms with Crippen molar-refractivity contribution in [2.45, 2.75) is 63.3 Å². The van der Waals surface area contributed by atoms with Gasteiger partial charge in [0.1, 0.15) is 28.6 Å². The second-order valence-corrected chi connectivity index (χ2v) is 13.4. The van der Waals surface area contributed by atoms with Gasteiger partial charge in [-0.25, -0.2) is 13.8 Å². The third-order valence-electron chi connectivity index (χ3n) is 10.6. The van der Waals surface area contributed by atoms with E-state index in [1.54, 1.807) is 18.3 Å². The highest BCUT2D eigenvalue weighted by atomic mass is 19.1. The Morgan fingerprint density at radius 1 is 1.19 bits per heavy atom. The van der Waals surface area contributed by atoms with E-state index in [0.717, 1.165) is 32.4 Å². The van der Waals surface area contributed by atoms with E-state index in [1.165, 1.54) is 24.3 Å². The van der Waals surface area contributed by atoms with Crippen molar-refractivity contribution in [1.82, 2.24) is 19.8 Å². The molecule has 0 amide bonds. The highest BCUT2D eigenvalue weighted by Gasteiger charge is 2.48. The topological polar surface area (TPSA) is 103 Å². The molecule has 240 valence electrons. The molecule has 0 spiro atoms. The van der Waals surface area contributed by atoms with E-state index in [4.69, 9.17) is 9.72 Å². The average Bonchev–Trinajstić information content (AvgIpc) is 3.80. The third kappa shape index (κ3) is 4.75. The van der Waals surface area contributed by atoms with Gasteiger partial charge in [0.05, 0.1) is 17.6 Å². The van der Waals surface area contributed by atoms with Crippen molar-refractivity contribution >= 4 is 32.6 Å². The lowest BCUT2D eigenvalue weighted by Gasteiger charge is -2.37. The summed E-state index contributed by atoms with van der Waals surface area (Å²) in [7, 11) is 2.05. The maximum Gasteiger partial charge on any atom is 0.227 e. The van der Waals surface area contributed by atoms with Crippen LogP contribution in [-0.4, -0.2) is 57.9 Å². The van der Waals surface area contributed by atoms with Crippen LogP contribution in [0, 0.1) is 28.9 Å². The molecule has 8 nitrogen and oxygen atoms in total. The molecule has 9 rings (SSSR count). The first kappa shape index (κ1) is 29.8. The molecule has 2 N–H and O–H groups in total. The molecule has 47 heavy (non-hydrogen) atoms. The molecule has 1 unspecified atom stereocenters. The van der Waals surface area contributed by atoms with Crippen LogP contribution in [0.4, 0.5) is 8.78 Å². The number of pyridine rings is 2. The van der Waals surface area contributed by atoms with Gasteiger partial charge in [-0.2, -0.15) is 5.26 Å². The van der Waals surface area contributed by atoms with Crippen LogP contribution in [0.5, 0.6) is 11.6 Å². The van der Waals surface area contributed by atoms with E-state index in [-0.39, 0.29) is 65.2 Å². The number of aromatic hydroxyl groups is 1. The maximum atomic E-state index is 17.4. The molecule has 3 aliphatic heterocycles. The number of phenolic OH excluding ortho intramolecular Hbond substituents is 1. The van der Waals surface area contributed by atoms with Gasteiger partial charge in [-0.05, 0) is 104 Å². The second kappa shape index (κ2) is 11.3. The smallest absolute Gasteiger partial charge is 0.227 e. The van der Waals surface area contributed by atoms with E-state index in [2.05, 4.69) is 20.9 Å². The number of ether oxygens (including phenoxy) is 1. The molecule has 2 aromatic heterocycles. The van der Waals surface area contributed by atoms with Crippen LogP contribution >= 0.6 is 0 Å². The number of aromatic nitrogens is 2. The molecule has 4 aliphatic rings. The van der Waals surface area contributed by atoms with Crippen LogP contribution < -0.4 is 15.5 Å². The van der Waals surface area contributed by atoms with Gasteiger partial charge in [0.2, 0.25) is 5.88 Å². The molecule has 1 aliphatic carbocycles. The Hall–Kier alpha value is -4.59. The molecule has 10 heteroatoms. The van der Waals surface area contributed by atoms with Gasteiger partial charge in [0.25, 0.3) is 0 Å². The number of likely N-dealkylation sites (N-methyl/N-ethyl adjacent to an activating group) is 1. The van der Waals surface area contributed by atoms with Crippen molar-refractivity contribution in [3.05, 3.63) is 76.1 Å². The van der Waals surface area contributed by atoms with Gasteiger partial charge in [-0.1, -0.05) is 6.07 Å². The highest BCUT2D eigenvalue weighted by molar-refractivity contribution is 6.09. The van der Waals surface area contributed by atoms with E-state index in [0.29, 0.717) is 44.1 Å². The normalized spacial score (nSPS) is 23.0. The Morgan fingerprint density at radius 3 is 2.77 bits per heavy atom. The number of rotatable bonds is 7. The zero-order chi connectivity index (χ0) is 32.6. The van der Waals surface area contributed by atoms with E-state index in [1.807, 2.05) is 20.0 Å². The van der Waals surface area contributed by atoms with Crippen LogP contribution in [0.25, 0.3) is 43.7 Å². The number of halogens is 2. The number of likely N-dealkylation sites (tertiary alicyclic amines) is 1. The summed E-state index contributed by atoms with van der Waals surface area (Å²) in [6.07, 6.45) is 4.78. The standard InChI is InChI=1S/C37H35F2N5O3/c1-19(29-6-4-11-43(29)2)47-37-32-30(46)9-12-44(35-22-15-28(35)41-18-22)36(32)27-14-21(5-3-10-40)31(33(39)34(27)42-37)26-17-24(45)13-20-7-8-23(38)16-25(20)26/h7-9,12-14,16-17,19,22,28-29,35,41,45H,3-6,11,15,18H2,1-2H3/t19-,22+,28+,29-,35?/m0/s1. The lowest BCUT2D eigenvalue weighted by atomic mass is 9.79. The first-order valence-corrected chi connectivity index (χ1v) is 16.3. The van der Waals surface area contributed by atoms with Crippen molar-refractivity contribution in [2.24, 2.45) is 5.92 Å². The molecule has 0 radical (unpaired) electrons. The lowest BCUT2D eigenvalue weighted by Crippen LogP contribution is -2.39. The molecule has 4 fully saturated rings. The van der Waals surface area contributed by atoms with Crippen LogP contribution in [0.2, 0.25) is 0 Å². The fraction of sp³-hybridized carbons (Fsp3) is 0.378. The molecule has 5 heterocycles. The largest absolute Gasteiger partial charge is 0.508 e. The summed E-state index contributed by atoms with van der Waals surface area (Å²) >= 11 is 0. The monoisotopic (exact) mass is 635 g/mol. The summed E-state index contributed by atoms with van der Waals surface area (Å²) in [6.45, 7) is 3.77. The minimum absolute atomic E-state index is 0.0158. The molecule has 3 aromatic carbocycles. The number of benzene rings is 3. The summed E-state index contributed by atoms with van der Waals surface area (Å²) in [6, 6.07) is 13.0. The van der Waals surface area contributed by atoms with Gasteiger partial charge in [-0.3, -0.25) is 9.69 Å². The minimum atomic E-state index is -0.679. The van der Waals surface area contributed by atoms with E-state index < -0.39 is 11.6 Å². The first-order chi connectivity index (χ1) is 22.7. The number of fused-ring (bicyclic) bond motifs is 5. The summed E-state index contributed by atoms with van der Waals surface area (Å²) in [5.74, 6) is -0.818. The van der Waals surface area contributed by atoms with Crippen LogP contribution in [0.15, 0.2) is 53.5 Å². The van der Waals surface area contributed by atoms with Crippen molar-refractivity contribution in [1.29, 1.82) is 5.26 Å². The minimum Gasteiger partial charge on any atom is -0.508 e. The number of nitrogens with one attached hydrogen (secondary N) is 1. The first-order valence-electron chi connectivity index (χ1n) is 16.3. The fourth-order valence-electron chi connectivity index (χ4n) is 8.36. The van der Waals surface area contributed by atoms with Crippen LogP contribution in [0.3, 0.4) is 0 Å². The molecule has 1 saturated carbocycles. The number of phenols is 1. The molecule has 2 bridgehead atoms. The van der Waals surface area contributed by atoms with Gasteiger partial charge in [0.15, 0.2) is 11.2 Å². The summed E-state index contributed by atoms with van der Waals surface area (Å²) in [5, 5.41) is 25.5. The predicted octanol–water partition coefficient (Wildman–Crippen LogP) is 6.20. The fourth-order valence-corrected chi connectivity index (χ4v) is 8.36. The third-order valence-corrected chi connectivity index (χ3v) is 10.6. The zero-order valence-electron chi connectivity index (χ0n) is 26.3. The average molecular weight is 636 g/mol. The van der Waals surface area contributed by atoms with Gasteiger partial charge >= 0.3 is 0 Å². The molecular formula is C37H35F2N5O3. The van der Waals surface area contributed by atoms with E-state index >= 15 is 4.39 Å². The Morgan fingerprint density at radius 2 is 2.04 bits per heavy atom. The lowest BCUT2D eigenvalue weighted by molar-refractivity contribution is 0.119. The molecular weight excluding hydrogens is 600 g/mol. The SMILES string of the molecule is C[C@H](Oc1nc2c(F)c(-c3cc(O)cc4ccc(F)cc34)c(CCC#N)cc2c2c1c(=O)ccn2C1[C@H]2CN[C@@H]1C2)[C@@H]1CCCN1C. The van der Waals surface area contributed by atoms with Crippen molar-refractivity contribution in [3.63, 3.8) is 0 Å². The quantitative estimate of drug-likeness (QED) is 0.205. The van der Waals surface area contributed by atoms with Crippen molar-refractivity contribution in [2.75, 3.05) is 20.1 Å². The number of nitriles is 1. The zero-order valence-corrected chi connectivity index (χ0v) is 26.3. The number of hydrogen-bond acceptors (Lipinski definition) is 7. The van der Waals surface area contributed by atoms with E-state index in [9.17, 15) is 19.6 Å².